The van der Waals surface area contributed by atoms with E-state index in [0.717, 1.165) is 37.4 Å². The molecule has 0 radical (unpaired) electrons. The Kier molecular flexibility index (Phi) is 3.63. The van der Waals surface area contributed by atoms with Crippen molar-refractivity contribution < 1.29 is 4.79 Å². The van der Waals surface area contributed by atoms with Gasteiger partial charge in [-0.25, -0.2) is 0 Å². The number of rotatable bonds is 1. The molecule has 2 unspecified atom stereocenters. The third-order valence-electron chi connectivity index (χ3n) is 5.00. The number of fused-ring (bicyclic) bond motifs is 3. The molecule has 3 aliphatic rings. The van der Waals surface area contributed by atoms with Crippen LogP contribution in [-0.2, 0) is 6.42 Å². The standard InChI is InChI=1S/C16H20N2O.ClH/c19-16(18-10-11-6-7-12(18)9-11)14-3-1-5-15-13(14)4-2-8-17-15;/h1,3,5,11-12,17H,2,4,6-10H2;1H. The third kappa shape index (κ3) is 2.08. The van der Waals surface area contributed by atoms with Crippen LogP contribution in [0.15, 0.2) is 18.2 Å². The van der Waals surface area contributed by atoms with Crippen molar-refractivity contribution in [3.8, 4) is 0 Å². The maximum Gasteiger partial charge on any atom is 0.254 e. The molecule has 1 aromatic carbocycles. The highest BCUT2D eigenvalue weighted by atomic mass is 35.5. The lowest BCUT2D eigenvalue weighted by Gasteiger charge is -2.29. The van der Waals surface area contributed by atoms with Crippen LogP contribution in [0.2, 0.25) is 0 Å². The Hall–Kier alpha value is -1.22. The van der Waals surface area contributed by atoms with E-state index in [2.05, 4.69) is 16.3 Å². The molecule has 2 bridgehead atoms. The van der Waals surface area contributed by atoms with Gasteiger partial charge in [-0.3, -0.25) is 4.79 Å². The molecule has 1 aliphatic carbocycles. The second kappa shape index (κ2) is 5.28. The molecular formula is C16H21ClN2O. The first kappa shape index (κ1) is 13.7. The van der Waals surface area contributed by atoms with E-state index >= 15 is 0 Å². The summed E-state index contributed by atoms with van der Waals surface area (Å²) in [4.78, 5) is 14.9. The average molecular weight is 293 g/mol. The Labute approximate surface area is 126 Å². The van der Waals surface area contributed by atoms with Crippen LogP contribution in [0.4, 0.5) is 5.69 Å². The van der Waals surface area contributed by atoms with Gasteiger partial charge in [-0.15, -0.1) is 12.4 Å². The maximum absolute atomic E-state index is 12.8. The summed E-state index contributed by atoms with van der Waals surface area (Å²) in [5.74, 6) is 1.04. The number of hydrogen-bond donors (Lipinski definition) is 1. The molecule has 1 saturated carbocycles. The third-order valence-corrected chi connectivity index (χ3v) is 5.00. The Morgan fingerprint density at radius 1 is 1.30 bits per heavy atom. The van der Waals surface area contributed by atoms with Crippen LogP contribution in [-0.4, -0.2) is 29.9 Å². The number of nitrogens with zero attached hydrogens (tertiary/aromatic N) is 1. The fraction of sp³-hybridized carbons (Fsp3) is 0.562. The van der Waals surface area contributed by atoms with Crippen molar-refractivity contribution in [1.29, 1.82) is 0 Å². The summed E-state index contributed by atoms with van der Waals surface area (Å²) in [6.45, 7) is 2.01. The quantitative estimate of drug-likeness (QED) is 0.863. The van der Waals surface area contributed by atoms with Gasteiger partial charge in [-0.1, -0.05) is 6.07 Å². The molecule has 3 nitrogen and oxygen atoms in total. The Bertz CT molecular complexity index is 531. The number of halogens is 1. The highest BCUT2D eigenvalue weighted by molar-refractivity contribution is 5.97. The van der Waals surface area contributed by atoms with Crippen molar-refractivity contribution in [3.05, 3.63) is 29.3 Å². The summed E-state index contributed by atoms with van der Waals surface area (Å²) in [5, 5.41) is 3.41. The van der Waals surface area contributed by atoms with Gasteiger partial charge in [0, 0.05) is 30.4 Å². The van der Waals surface area contributed by atoms with E-state index in [-0.39, 0.29) is 18.3 Å². The topological polar surface area (TPSA) is 32.3 Å². The van der Waals surface area contributed by atoms with Crippen molar-refractivity contribution in [1.82, 2.24) is 4.90 Å². The van der Waals surface area contributed by atoms with E-state index in [4.69, 9.17) is 0 Å². The highest BCUT2D eigenvalue weighted by Crippen LogP contribution is 2.39. The summed E-state index contributed by atoms with van der Waals surface area (Å²) in [6, 6.07) is 6.64. The van der Waals surface area contributed by atoms with Gasteiger partial charge < -0.3 is 10.2 Å². The molecule has 4 heteroatoms. The van der Waals surface area contributed by atoms with Gasteiger partial charge in [0.1, 0.15) is 0 Å². The molecule has 20 heavy (non-hydrogen) atoms. The monoisotopic (exact) mass is 292 g/mol. The molecule has 1 N–H and O–H groups in total. The largest absolute Gasteiger partial charge is 0.385 e. The number of nitrogens with one attached hydrogen (secondary N) is 1. The van der Waals surface area contributed by atoms with Crippen LogP contribution >= 0.6 is 12.4 Å². The van der Waals surface area contributed by atoms with Crippen LogP contribution in [0.1, 0.15) is 41.6 Å². The zero-order valence-corrected chi connectivity index (χ0v) is 12.4. The van der Waals surface area contributed by atoms with E-state index in [1.54, 1.807) is 0 Å². The fourth-order valence-electron chi connectivity index (χ4n) is 4.04. The lowest BCUT2D eigenvalue weighted by molar-refractivity contribution is 0.0702. The van der Waals surface area contributed by atoms with Gasteiger partial charge in [0.25, 0.3) is 5.91 Å². The van der Waals surface area contributed by atoms with E-state index in [9.17, 15) is 4.79 Å². The highest BCUT2D eigenvalue weighted by Gasteiger charge is 2.40. The van der Waals surface area contributed by atoms with Crippen molar-refractivity contribution in [2.75, 3.05) is 18.4 Å². The summed E-state index contributed by atoms with van der Waals surface area (Å²) >= 11 is 0. The SMILES string of the molecule is Cl.O=C(c1cccc2c1CCCN2)N1CC2CCC1C2. The lowest BCUT2D eigenvalue weighted by atomic mass is 9.96. The normalized spacial score (nSPS) is 26.7. The lowest BCUT2D eigenvalue weighted by Crippen LogP contribution is -2.38. The molecular weight excluding hydrogens is 272 g/mol. The van der Waals surface area contributed by atoms with E-state index in [1.807, 2.05) is 12.1 Å². The number of carbonyl (C=O) groups is 1. The van der Waals surface area contributed by atoms with Gasteiger partial charge >= 0.3 is 0 Å². The molecule has 1 saturated heterocycles. The second-order valence-electron chi connectivity index (χ2n) is 6.15. The van der Waals surface area contributed by atoms with Gasteiger partial charge in [0.15, 0.2) is 0 Å². The minimum absolute atomic E-state index is 0. The Morgan fingerprint density at radius 3 is 2.95 bits per heavy atom. The Morgan fingerprint density at radius 2 is 2.20 bits per heavy atom. The zero-order valence-electron chi connectivity index (χ0n) is 11.6. The number of carbonyl (C=O) groups excluding carboxylic acids is 1. The number of benzene rings is 1. The molecule has 1 amide bonds. The number of anilines is 1. The number of amides is 1. The van der Waals surface area contributed by atoms with Crippen LogP contribution in [0, 0.1) is 5.92 Å². The van der Waals surface area contributed by atoms with Crippen molar-refractivity contribution in [3.63, 3.8) is 0 Å². The van der Waals surface area contributed by atoms with Crippen molar-refractivity contribution >= 4 is 24.0 Å². The van der Waals surface area contributed by atoms with Crippen molar-refractivity contribution in [2.24, 2.45) is 5.92 Å². The zero-order chi connectivity index (χ0) is 12.8. The average Bonchev–Trinajstić information content (AvgIpc) is 3.08. The summed E-state index contributed by atoms with van der Waals surface area (Å²) in [5.41, 5.74) is 3.35. The number of piperidine rings is 1. The number of likely N-dealkylation sites (tertiary alicyclic amines) is 1. The van der Waals surface area contributed by atoms with E-state index in [1.165, 1.54) is 30.5 Å². The first-order valence-electron chi connectivity index (χ1n) is 7.49. The molecule has 2 fully saturated rings. The molecule has 2 heterocycles. The van der Waals surface area contributed by atoms with E-state index in [0.29, 0.717) is 6.04 Å². The van der Waals surface area contributed by atoms with Gasteiger partial charge in [-0.05, 0) is 55.7 Å². The molecule has 2 aliphatic heterocycles. The van der Waals surface area contributed by atoms with E-state index < -0.39 is 0 Å². The second-order valence-corrected chi connectivity index (χ2v) is 6.15. The van der Waals surface area contributed by atoms with Crippen LogP contribution in [0.25, 0.3) is 0 Å². The van der Waals surface area contributed by atoms with Gasteiger partial charge in [0.05, 0.1) is 0 Å². The molecule has 0 aromatic heterocycles. The van der Waals surface area contributed by atoms with Crippen LogP contribution in [0.5, 0.6) is 0 Å². The predicted molar refractivity (Wildman–Crippen MR) is 82.7 cm³/mol. The summed E-state index contributed by atoms with van der Waals surface area (Å²) in [7, 11) is 0. The molecule has 2 atom stereocenters. The minimum Gasteiger partial charge on any atom is -0.385 e. The predicted octanol–water partition coefficient (Wildman–Crippen LogP) is 3.09. The smallest absolute Gasteiger partial charge is 0.254 e. The minimum atomic E-state index is 0. The molecule has 1 aromatic rings. The number of hydrogen-bond acceptors (Lipinski definition) is 2. The maximum atomic E-state index is 12.8. The first-order chi connectivity index (χ1) is 9.33. The fourth-order valence-corrected chi connectivity index (χ4v) is 4.04. The molecule has 0 spiro atoms. The Balaban J connectivity index is 0.00000121. The summed E-state index contributed by atoms with van der Waals surface area (Å²) in [6.07, 6.45) is 5.93. The molecule has 108 valence electrons. The van der Waals surface area contributed by atoms with Crippen LogP contribution < -0.4 is 5.32 Å². The van der Waals surface area contributed by atoms with Gasteiger partial charge in [-0.2, -0.15) is 0 Å². The van der Waals surface area contributed by atoms with Crippen molar-refractivity contribution in [2.45, 2.75) is 38.1 Å². The first-order valence-corrected chi connectivity index (χ1v) is 7.49. The van der Waals surface area contributed by atoms with Crippen LogP contribution in [0.3, 0.4) is 0 Å². The summed E-state index contributed by atoms with van der Waals surface area (Å²) < 4.78 is 0. The van der Waals surface area contributed by atoms with Gasteiger partial charge in [0.2, 0.25) is 0 Å². The molecule has 4 rings (SSSR count).